The van der Waals surface area contributed by atoms with E-state index >= 15 is 0 Å². The predicted molar refractivity (Wildman–Crippen MR) is 222 cm³/mol. The highest BCUT2D eigenvalue weighted by atomic mass is 32.1. The Labute approximate surface area is 313 Å². The molecule has 0 aliphatic carbocycles. The zero-order valence-corrected chi connectivity index (χ0v) is 29.6. The van der Waals surface area contributed by atoms with Crippen LogP contribution in [-0.4, -0.2) is 19.9 Å². The maximum absolute atomic E-state index is 6.35. The van der Waals surface area contributed by atoms with Gasteiger partial charge in [-0.25, -0.2) is 19.9 Å². The van der Waals surface area contributed by atoms with Gasteiger partial charge in [-0.1, -0.05) is 121 Å². The molecule has 0 aliphatic heterocycles. The van der Waals surface area contributed by atoms with E-state index in [-0.39, 0.29) is 0 Å². The van der Waals surface area contributed by atoms with E-state index in [2.05, 4.69) is 133 Å². The lowest BCUT2D eigenvalue weighted by atomic mass is 9.95. The fraction of sp³-hybridized carbons (Fsp3) is 0. The molecule has 5 nitrogen and oxygen atoms in total. The van der Waals surface area contributed by atoms with E-state index < -0.39 is 0 Å². The third-order valence-corrected chi connectivity index (χ3v) is 11.2. The van der Waals surface area contributed by atoms with Crippen molar-refractivity contribution in [2.75, 3.05) is 0 Å². The summed E-state index contributed by atoms with van der Waals surface area (Å²) in [6, 6.07) is 58.9. The van der Waals surface area contributed by atoms with Gasteiger partial charge in [-0.15, -0.1) is 11.3 Å². The van der Waals surface area contributed by atoms with Crippen molar-refractivity contribution < 1.29 is 4.42 Å². The molecule has 252 valence electrons. The molecule has 0 saturated carbocycles. The van der Waals surface area contributed by atoms with Gasteiger partial charge in [0.2, 0.25) is 5.89 Å². The van der Waals surface area contributed by atoms with Gasteiger partial charge in [0.15, 0.2) is 23.1 Å². The summed E-state index contributed by atoms with van der Waals surface area (Å²) in [4.78, 5) is 20.6. The standard InChI is InChI=1S/C48H28N4OS/c1-3-13-30(14-4-1)38-26-35(25-33-18-9-10-19-36(33)38)46-50-45(34-23-22-29-12-7-8-17-32(29)24-34)51-47(52-46)37-20-11-21-42-44(37)39-27-41-40(28-43(39)54-42)49-48(53-41)31-15-5-2-6-16-31/h1-28H. The van der Waals surface area contributed by atoms with Crippen LogP contribution in [0.25, 0.3) is 110 Å². The Morgan fingerprint density at radius 3 is 1.91 bits per heavy atom. The minimum atomic E-state index is 0.611. The minimum Gasteiger partial charge on any atom is -0.436 e. The normalized spacial score (nSPS) is 11.7. The van der Waals surface area contributed by atoms with E-state index in [1.54, 1.807) is 11.3 Å². The van der Waals surface area contributed by atoms with Crippen molar-refractivity contribution in [1.29, 1.82) is 0 Å². The molecule has 8 aromatic carbocycles. The highest BCUT2D eigenvalue weighted by molar-refractivity contribution is 7.26. The molecule has 0 N–H and O–H groups in total. The van der Waals surface area contributed by atoms with Crippen LogP contribution in [0.2, 0.25) is 0 Å². The van der Waals surface area contributed by atoms with Crippen molar-refractivity contribution >= 4 is 64.2 Å². The smallest absolute Gasteiger partial charge is 0.227 e. The summed E-state index contributed by atoms with van der Waals surface area (Å²) in [5.41, 5.74) is 7.60. The second-order valence-electron chi connectivity index (χ2n) is 13.5. The minimum absolute atomic E-state index is 0.611. The topological polar surface area (TPSA) is 64.7 Å². The van der Waals surface area contributed by atoms with Crippen molar-refractivity contribution in [2.45, 2.75) is 0 Å². The lowest BCUT2D eigenvalue weighted by Crippen LogP contribution is -2.01. The van der Waals surface area contributed by atoms with Crippen LogP contribution in [0.5, 0.6) is 0 Å². The maximum atomic E-state index is 6.35. The molecule has 3 heterocycles. The third kappa shape index (κ3) is 5.15. The number of aromatic nitrogens is 4. The summed E-state index contributed by atoms with van der Waals surface area (Å²) >= 11 is 1.74. The number of benzene rings is 8. The monoisotopic (exact) mass is 708 g/mol. The average Bonchev–Trinajstić information content (AvgIpc) is 3.83. The summed E-state index contributed by atoms with van der Waals surface area (Å²) in [5, 5.41) is 6.77. The van der Waals surface area contributed by atoms with Gasteiger partial charge in [0.1, 0.15) is 5.52 Å². The van der Waals surface area contributed by atoms with Gasteiger partial charge in [0.05, 0.1) is 0 Å². The summed E-state index contributed by atoms with van der Waals surface area (Å²) in [6.07, 6.45) is 0. The molecule has 54 heavy (non-hydrogen) atoms. The number of nitrogens with zero attached hydrogens (tertiary/aromatic N) is 4. The van der Waals surface area contributed by atoms with Crippen LogP contribution in [0.4, 0.5) is 0 Å². The van der Waals surface area contributed by atoms with Gasteiger partial charge >= 0.3 is 0 Å². The molecule has 0 fully saturated rings. The molecular formula is C48H28N4OS. The van der Waals surface area contributed by atoms with Crippen LogP contribution >= 0.6 is 11.3 Å². The van der Waals surface area contributed by atoms with Crippen LogP contribution in [0.15, 0.2) is 174 Å². The summed E-state index contributed by atoms with van der Waals surface area (Å²) in [6.45, 7) is 0. The molecule has 6 heteroatoms. The van der Waals surface area contributed by atoms with Crippen molar-refractivity contribution in [3.63, 3.8) is 0 Å². The van der Waals surface area contributed by atoms with E-state index in [0.717, 1.165) is 75.4 Å². The van der Waals surface area contributed by atoms with Gasteiger partial charge in [0, 0.05) is 42.4 Å². The molecule has 0 saturated heterocycles. The molecule has 0 aliphatic rings. The molecule has 0 atom stereocenters. The zero-order valence-electron chi connectivity index (χ0n) is 28.8. The molecule has 0 bridgehead atoms. The third-order valence-electron chi connectivity index (χ3n) is 10.1. The number of thiophene rings is 1. The molecule has 0 amide bonds. The Balaban J connectivity index is 1.15. The van der Waals surface area contributed by atoms with Gasteiger partial charge in [-0.3, -0.25) is 0 Å². The number of hydrogen-bond donors (Lipinski definition) is 0. The Hall–Kier alpha value is -7.02. The number of fused-ring (bicyclic) bond motifs is 6. The lowest BCUT2D eigenvalue weighted by Gasteiger charge is -2.13. The average molecular weight is 709 g/mol. The first-order chi connectivity index (χ1) is 26.7. The van der Waals surface area contributed by atoms with Crippen LogP contribution < -0.4 is 0 Å². The Kier molecular flexibility index (Phi) is 6.97. The Morgan fingerprint density at radius 1 is 0.389 bits per heavy atom. The van der Waals surface area contributed by atoms with Crippen molar-refractivity contribution in [1.82, 2.24) is 19.9 Å². The van der Waals surface area contributed by atoms with E-state index in [1.165, 1.54) is 10.8 Å². The van der Waals surface area contributed by atoms with Crippen LogP contribution in [0.1, 0.15) is 0 Å². The second kappa shape index (κ2) is 12.3. The van der Waals surface area contributed by atoms with Gasteiger partial charge < -0.3 is 4.42 Å². The van der Waals surface area contributed by atoms with E-state index in [1.807, 2.05) is 36.4 Å². The van der Waals surface area contributed by atoms with E-state index in [9.17, 15) is 0 Å². The number of hydrogen-bond acceptors (Lipinski definition) is 6. The first kappa shape index (κ1) is 30.6. The zero-order chi connectivity index (χ0) is 35.6. The van der Waals surface area contributed by atoms with Crippen molar-refractivity contribution in [3.8, 4) is 56.7 Å². The number of oxazole rings is 1. The van der Waals surface area contributed by atoms with Crippen LogP contribution in [0, 0.1) is 0 Å². The van der Waals surface area contributed by atoms with Crippen LogP contribution in [-0.2, 0) is 0 Å². The highest BCUT2D eigenvalue weighted by Gasteiger charge is 2.20. The van der Waals surface area contributed by atoms with E-state index in [4.69, 9.17) is 24.4 Å². The van der Waals surface area contributed by atoms with Crippen LogP contribution in [0.3, 0.4) is 0 Å². The van der Waals surface area contributed by atoms with Crippen molar-refractivity contribution in [2.24, 2.45) is 0 Å². The molecule has 11 aromatic rings. The lowest BCUT2D eigenvalue weighted by molar-refractivity contribution is 0.620. The summed E-state index contributed by atoms with van der Waals surface area (Å²) < 4.78 is 8.62. The quantitative estimate of drug-likeness (QED) is 0.178. The fourth-order valence-corrected chi connectivity index (χ4v) is 8.66. The maximum Gasteiger partial charge on any atom is 0.227 e. The molecule has 0 radical (unpaired) electrons. The molecule has 11 rings (SSSR count). The molecular weight excluding hydrogens is 681 g/mol. The summed E-state index contributed by atoms with van der Waals surface area (Å²) in [5.74, 6) is 2.47. The van der Waals surface area contributed by atoms with Gasteiger partial charge in [-0.2, -0.15) is 0 Å². The fourth-order valence-electron chi connectivity index (χ4n) is 7.52. The molecule has 0 spiro atoms. The molecule has 0 unspecified atom stereocenters. The first-order valence-electron chi connectivity index (χ1n) is 17.9. The van der Waals surface area contributed by atoms with Gasteiger partial charge in [-0.05, 0) is 81.2 Å². The Morgan fingerprint density at radius 2 is 1.07 bits per heavy atom. The van der Waals surface area contributed by atoms with Crippen molar-refractivity contribution in [3.05, 3.63) is 170 Å². The predicted octanol–water partition coefficient (Wildman–Crippen LogP) is 13.0. The first-order valence-corrected chi connectivity index (χ1v) is 18.7. The second-order valence-corrected chi connectivity index (χ2v) is 14.5. The Bertz CT molecular complexity index is 3220. The number of rotatable bonds is 5. The SMILES string of the molecule is c1ccc(-c2nc3cc4sc5cccc(-c6nc(-c7ccc8ccccc8c7)nc(-c7cc(-c8ccccc8)c8ccccc8c7)n6)c5c4cc3o2)cc1. The van der Waals surface area contributed by atoms with Gasteiger partial charge in [0.25, 0.3) is 0 Å². The van der Waals surface area contributed by atoms with E-state index in [0.29, 0.717) is 23.4 Å². The highest BCUT2D eigenvalue weighted by Crippen LogP contribution is 2.42. The summed E-state index contributed by atoms with van der Waals surface area (Å²) in [7, 11) is 0. The molecule has 3 aromatic heterocycles. The largest absolute Gasteiger partial charge is 0.436 e.